The lowest BCUT2D eigenvalue weighted by molar-refractivity contribution is 0.101. The summed E-state index contributed by atoms with van der Waals surface area (Å²) in [6.07, 6.45) is 3.39. The Morgan fingerprint density at radius 3 is 2.18 bits per heavy atom. The van der Waals surface area contributed by atoms with Crippen molar-refractivity contribution in [2.75, 3.05) is 0 Å². The second-order valence-corrected chi connectivity index (χ2v) is 11.7. The Labute approximate surface area is 195 Å². The van der Waals surface area contributed by atoms with Crippen LogP contribution in [0, 0.1) is 6.92 Å². The monoisotopic (exact) mass is 457 g/mol. The molecule has 6 rings (SSSR count). The second-order valence-electron chi connectivity index (χ2n) is 9.75. The van der Waals surface area contributed by atoms with Gasteiger partial charge in [-0.1, -0.05) is 48.0 Å². The SMILES string of the molecule is CC(=O)c1c2c(c(-c3ccccc3)c3c1C1CCC3C1)CN(S(=O)(=O)c1ccc(C)cc1)C2. The Bertz CT molecular complexity index is 1390. The molecule has 2 atom stereocenters. The van der Waals surface area contributed by atoms with Crippen LogP contribution < -0.4 is 0 Å². The fourth-order valence-electron chi connectivity index (χ4n) is 6.37. The highest BCUT2D eigenvalue weighted by atomic mass is 32.2. The van der Waals surface area contributed by atoms with Crippen LogP contribution in [0.4, 0.5) is 0 Å². The van der Waals surface area contributed by atoms with E-state index in [1.54, 1.807) is 23.4 Å². The molecule has 1 fully saturated rings. The molecule has 2 unspecified atom stereocenters. The quantitative estimate of drug-likeness (QED) is 0.456. The van der Waals surface area contributed by atoms with E-state index in [0.717, 1.165) is 47.1 Å². The van der Waals surface area contributed by atoms with Crippen LogP contribution in [-0.2, 0) is 23.1 Å². The topological polar surface area (TPSA) is 54.5 Å². The van der Waals surface area contributed by atoms with Gasteiger partial charge in [0.2, 0.25) is 10.0 Å². The molecule has 0 N–H and O–H groups in total. The van der Waals surface area contributed by atoms with Crippen molar-refractivity contribution >= 4 is 15.8 Å². The summed E-state index contributed by atoms with van der Waals surface area (Å²) in [5.41, 5.74) is 8.60. The summed E-state index contributed by atoms with van der Waals surface area (Å²) in [4.78, 5) is 13.3. The number of ketones is 1. The Morgan fingerprint density at radius 2 is 1.52 bits per heavy atom. The van der Waals surface area contributed by atoms with Crippen LogP contribution in [0.25, 0.3) is 11.1 Å². The fourth-order valence-corrected chi connectivity index (χ4v) is 7.75. The molecule has 1 saturated carbocycles. The van der Waals surface area contributed by atoms with Crippen LogP contribution in [0.15, 0.2) is 59.5 Å². The Morgan fingerprint density at radius 1 is 0.879 bits per heavy atom. The molecule has 1 aliphatic heterocycles. The third-order valence-electron chi connectivity index (χ3n) is 7.79. The number of Topliss-reactive ketones (excluding diaryl/α,β-unsaturated/α-hetero) is 1. The zero-order valence-electron chi connectivity index (χ0n) is 19.0. The Hall–Kier alpha value is -2.76. The maximum atomic E-state index is 13.6. The molecule has 2 bridgehead atoms. The number of carbonyl (C=O) groups is 1. The minimum Gasteiger partial charge on any atom is -0.294 e. The predicted octanol–water partition coefficient (Wildman–Crippen LogP) is 5.93. The highest BCUT2D eigenvalue weighted by Crippen LogP contribution is 2.59. The van der Waals surface area contributed by atoms with E-state index < -0.39 is 10.0 Å². The van der Waals surface area contributed by atoms with Crippen molar-refractivity contribution in [1.29, 1.82) is 0 Å². The predicted molar refractivity (Wildman–Crippen MR) is 129 cm³/mol. The first kappa shape index (κ1) is 20.8. The maximum absolute atomic E-state index is 13.6. The summed E-state index contributed by atoms with van der Waals surface area (Å²) in [5, 5.41) is 0. The van der Waals surface area contributed by atoms with Crippen molar-refractivity contribution in [3.63, 3.8) is 0 Å². The fraction of sp³-hybridized carbons (Fsp3) is 0.321. The van der Waals surface area contributed by atoms with Crippen molar-refractivity contribution in [2.24, 2.45) is 0 Å². The molecule has 3 aromatic carbocycles. The van der Waals surface area contributed by atoms with E-state index in [2.05, 4.69) is 12.1 Å². The molecule has 168 valence electrons. The van der Waals surface area contributed by atoms with Gasteiger partial charge in [-0.05, 0) is 90.5 Å². The molecular formula is C28H27NO3S. The molecule has 3 aromatic rings. The van der Waals surface area contributed by atoms with Gasteiger partial charge in [0.15, 0.2) is 5.78 Å². The zero-order valence-corrected chi connectivity index (χ0v) is 19.8. The molecule has 0 radical (unpaired) electrons. The molecule has 0 aromatic heterocycles. The van der Waals surface area contributed by atoms with Gasteiger partial charge in [0, 0.05) is 18.7 Å². The Balaban J connectivity index is 1.57. The van der Waals surface area contributed by atoms with E-state index in [9.17, 15) is 13.2 Å². The van der Waals surface area contributed by atoms with Crippen molar-refractivity contribution in [3.8, 4) is 11.1 Å². The summed E-state index contributed by atoms with van der Waals surface area (Å²) in [6.45, 7) is 4.15. The summed E-state index contributed by atoms with van der Waals surface area (Å²) in [5.74, 6) is 0.940. The second kappa shape index (κ2) is 7.37. The molecule has 2 aliphatic carbocycles. The lowest BCUT2D eigenvalue weighted by Gasteiger charge is -2.25. The summed E-state index contributed by atoms with van der Waals surface area (Å²) < 4.78 is 28.7. The van der Waals surface area contributed by atoms with Gasteiger partial charge in [-0.25, -0.2) is 8.42 Å². The molecule has 0 spiro atoms. The van der Waals surface area contributed by atoms with Crippen LogP contribution in [-0.4, -0.2) is 18.5 Å². The minimum atomic E-state index is -3.67. The number of fused-ring (bicyclic) bond motifs is 6. The third kappa shape index (κ3) is 3.06. The smallest absolute Gasteiger partial charge is 0.243 e. The highest BCUT2D eigenvalue weighted by molar-refractivity contribution is 7.89. The number of sulfonamides is 1. The van der Waals surface area contributed by atoms with E-state index in [1.807, 2.05) is 37.3 Å². The average molecular weight is 458 g/mol. The van der Waals surface area contributed by atoms with E-state index in [4.69, 9.17) is 0 Å². The number of aryl methyl sites for hydroxylation is 1. The molecule has 4 nitrogen and oxygen atoms in total. The number of rotatable bonds is 4. The maximum Gasteiger partial charge on any atom is 0.243 e. The van der Waals surface area contributed by atoms with Gasteiger partial charge in [0.1, 0.15) is 0 Å². The normalized spacial score (nSPS) is 21.3. The van der Waals surface area contributed by atoms with Crippen molar-refractivity contribution in [1.82, 2.24) is 4.31 Å². The van der Waals surface area contributed by atoms with Gasteiger partial charge in [-0.15, -0.1) is 0 Å². The average Bonchev–Trinajstić information content (AvgIpc) is 3.53. The largest absolute Gasteiger partial charge is 0.294 e. The summed E-state index contributed by atoms with van der Waals surface area (Å²) >= 11 is 0. The zero-order chi connectivity index (χ0) is 22.9. The van der Waals surface area contributed by atoms with Crippen LogP contribution in [0.3, 0.4) is 0 Å². The van der Waals surface area contributed by atoms with Gasteiger partial charge in [-0.3, -0.25) is 4.79 Å². The standard InChI is InChI=1S/C28H27NO3S/c1-17-8-12-22(13-9-17)33(31,32)29-15-23-24(16-29)26(19-6-4-3-5-7-19)28-21-11-10-20(14-21)27(28)25(23)18(2)30/h3-9,12-13,20-21H,10-11,14-16H2,1-2H3. The van der Waals surface area contributed by atoms with Crippen LogP contribution in [0.2, 0.25) is 0 Å². The first-order chi connectivity index (χ1) is 15.9. The Kier molecular flexibility index (Phi) is 4.65. The first-order valence-corrected chi connectivity index (χ1v) is 13.1. The molecule has 5 heteroatoms. The number of benzene rings is 3. The van der Waals surface area contributed by atoms with Crippen molar-refractivity contribution in [2.45, 2.75) is 62.9 Å². The molecule has 0 saturated heterocycles. The number of nitrogens with zero attached hydrogens (tertiary/aromatic N) is 1. The van der Waals surface area contributed by atoms with E-state index in [1.165, 1.54) is 16.7 Å². The van der Waals surface area contributed by atoms with Crippen molar-refractivity contribution < 1.29 is 13.2 Å². The number of carbonyl (C=O) groups excluding carboxylic acids is 1. The molecule has 1 heterocycles. The van der Waals surface area contributed by atoms with Gasteiger partial charge < -0.3 is 0 Å². The molecule has 0 amide bonds. The van der Waals surface area contributed by atoms with Gasteiger partial charge in [0.05, 0.1) is 4.90 Å². The molecule has 3 aliphatic rings. The highest BCUT2D eigenvalue weighted by Gasteiger charge is 2.45. The van der Waals surface area contributed by atoms with E-state index in [-0.39, 0.29) is 12.3 Å². The summed E-state index contributed by atoms with van der Waals surface area (Å²) in [6, 6.07) is 17.3. The first-order valence-electron chi connectivity index (χ1n) is 11.7. The van der Waals surface area contributed by atoms with Crippen LogP contribution in [0.1, 0.15) is 76.2 Å². The van der Waals surface area contributed by atoms with Gasteiger partial charge in [-0.2, -0.15) is 4.31 Å². The number of hydrogen-bond donors (Lipinski definition) is 0. The number of hydrogen-bond acceptors (Lipinski definition) is 3. The van der Waals surface area contributed by atoms with Gasteiger partial charge >= 0.3 is 0 Å². The molecule has 33 heavy (non-hydrogen) atoms. The lowest BCUT2D eigenvalue weighted by atomic mass is 9.78. The molecular weight excluding hydrogens is 430 g/mol. The van der Waals surface area contributed by atoms with Crippen LogP contribution in [0.5, 0.6) is 0 Å². The third-order valence-corrected chi connectivity index (χ3v) is 9.59. The van der Waals surface area contributed by atoms with E-state index in [0.29, 0.717) is 23.3 Å². The van der Waals surface area contributed by atoms with Gasteiger partial charge in [0.25, 0.3) is 0 Å². The minimum absolute atomic E-state index is 0.0595. The van der Waals surface area contributed by atoms with Crippen molar-refractivity contribution in [3.05, 3.63) is 88.0 Å². The van der Waals surface area contributed by atoms with E-state index >= 15 is 0 Å². The summed E-state index contributed by atoms with van der Waals surface area (Å²) in [7, 11) is -3.67. The lowest BCUT2D eigenvalue weighted by Crippen LogP contribution is -2.25. The van der Waals surface area contributed by atoms with Crippen LogP contribution >= 0.6 is 0 Å².